The van der Waals surface area contributed by atoms with Gasteiger partial charge in [-0.15, -0.1) is 24.0 Å². The molecule has 0 bridgehead atoms. The molecule has 0 amide bonds. The largest absolute Gasteiger partial charge is 0.466 e. The number of rotatable bonds is 10. The van der Waals surface area contributed by atoms with Gasteiger partial charge in [-0.25, -0.2) is 0 Å². The summed E-state index contributed by atoms with van der Waals surface area (Å²) in [5, 5.41) is 3.48. The molecule has 1 rings (SSSR count). The van der Waals surface area contributed by atoms with E-state index in [1.807, 2.05) is 14.0 Å². The van der Waals surface area contributed by atoms with E-state index in [0.29, 0.717) is 6.61 Å². The van der Waals surface area contributed by atoms with Crippen LogP contribution in [0, 0.1) is 5.92 Å². The topological polar surface area (TPSA) is 57.2 Å². The summed E-state index contributed by atoms with van der Waals surface area (Å²) >= 11 is 0. The summed E-state index contributed by atoms with van der Waals surface area (Å²) in [6, 6.07) is 0. The summed E-state index contributed by atoms with van der Waals surface area (Å²) in [6.45, 7) is 13.0. The number of likely N-dealkylation sites (tertiary alicyclic amines) is 1. The minimum Gasteiger partial charge on any atom is -0.466 e. The zero-order valence-electron chi connectivity index (χ0n) is 17.1. The van der Waals surface area contributed by atoms with Crippen molar-refractivity contribution < 1.29 is 9.53 Å². The molecule has 0 unspecified atom stereocenters. The van der Waals surface area contributed by atoms with Gasteiger partial charge in [0.15, 0.2) is 5.96 Å². The minimum atomic E-state index is -0.0444. The van der Waals surface area contributed by atoms with Gasteiger partial charge in [0, 0.05) is 26.7 Å². The molecule has 26 heavy (non-hydrogen) atoms. The third-order valence-electron chi connectivity index (χ3n) is 4.64. The Kier molecular flexibility index (Phi) is 15.1. The lowest BCUT2D eigenvalue weighted by Crippen LogP contribution is -2.47. The number of nitrogens with one attached hydrogen (secondary N) is 1. The number of hydrogen-bond acceptors (Lipinski definition) is 4. The molecule has 0 atom stereocenters. The predicted octanol–water partition coefficient (Wildman–Crippen LogP) is 2.97. The second-order valence-electron chi connectivity index (χ2n) is 6.68. The molecule has 6 nitrogen and oxygen atoms in total. The molecular formula is C19H39IN4O2. The van der Waals surface area contributed by atoms with Gasteiger partial charge in [0.05, 0.1) is 12.5 Å². The van der Waals surface area contributed by atoms with Crippen molar-refractivity contribution in [2.24, 2.45) is 10.9 Å². The molecule has 0 aliphatic carbocycles. The molecule has 1 aliphatic rings. The minimum absolute atomic E-state index is 0. The SMILES string of the molecule is CCCN(CCC)CCCNC(=NC)N1CCC(C(=O)OCC)CC1.I. The quantitative estimate of drug-likeness (QED) is 0.171. The lowest BCUT2D eigenvalue weighted by molar-refractivity contribution is -0.149. The van der Waals surface area contributed by atoms with Gasteiger partial charge in [-0.2, -0.15) is 0 Å². The third kappa shape index (κ3) is 9.39. The molecule has 1 aliphatic heterocycles. The van der Waals surface area contributed by atoms with Crippen molar-refractivity contribution in [3.63, 3.8) is 0 Å². The molecular weight excluding hydrogens is 443 g/mol. The van der Waals surface area contributed by atoms with Crippen LogP contribution in [0.5, 0.6) is 0 Å². The van der Waals surface area contributed by atoms with Crippen LogP contribution in [0.3, 0.4) is 0 Å². The highest BCUT2D eigenvalue weighted by Crippen LogP contribution is 2.18. The van der Waals surface area contributed by atoms with Gasteiger partial charge in [-0.3, -0.25) is 9.79 Å². The van der Waals surface area contributed by atoms with Gasteiger partial charge in [0.2, 0.25) is 0 Å². The predicted molar refractivity (Wildman–Crippen MR) is 119 cm³/mol. The molecule has 0 aromatic heterocycles. The number of nitrogens with zero attached hydrogens (tertiary/aromatic N) is 3. The molecule has 0 radical (unpaired) electrons. The Labute approximate surface area is 177 Å². The molecule has 154 valence electrons. The van der Waals surface area contributed by atoms with Crippen molar-refractivity contribution >= 4 is 35.9 Å². The highest BCUT2D eigenvalue weighted by Gasteiger charge is 2.27. The van der Waals surface area contributed by atoms with Gasteiger partial charge < -0.3 is 19.9 Å². The molecule has 1 fully saturated rings. The number of ether oxygens (including phenoxy) is 1. The molecule has 1 heterocycles. The summed E-state index contributed by atoms with van der Waals surface area (Å²) in [5.74, 6) is 0.961. The monoisotopic (exact) mass is 482 g/mol. The number of halogens is 1. The molecule has 0 saturated carbocycles. The Bertz CT molecular complexity index is 393. The van der Waals surface area contributed by atoms with E-state index in [1.54, 1.807) is 0 Å². The van der Waals surface area contributed by atoms with Crippen LogP contribution in [0.2, 0.25) is 0 Å². The number of guanidine groups is 1. The third-order valence-corrected chi connectivity index (χ3v) is 4.64. The van der Waals surface area contributed by atoms with E-state index >= 15 is 0 Å². The Morgan fingerprint density at radius 3 is 2.27 bits per heavy atom. The smallest absolute Gasteiger partial charge is 0.309 e. The van der Waals surface area contributed by atoms with Gasteiger partial charge in [-0.05, 0) is 58.7 Å². The maximum absolute atomic E-state index is 11.8. The van der Waals surface area contributed by atoms with Crippen molar-refractivity contribution in [1.29, 1.82) is 0 Å². The van der Waals surface area contributed by atoms with Crippen LogP contribution in [0.1, 0.15) is 52.9 Å². The Hall–Kier alpha value is -0.570. The molecule has 7 heteroatoms. The van der Waals surface area contributed by atoms with Crippen LogP contribution in [-0.2, 0) is 9.53 Å². The summed E-state index contributed by atoms with van der Waals surface area (Å²) < 4.78 is 5.14. The zero-order valence-corrected chi connectivity index (χ0v) is 19.5. The molecule has 0 spiro atoms. The highest BCUT2D eigenvalue weighted by molar-refractivity contribution is 14.0. The van der Waals surface area contributed by atoms with Crippen LogP contribution in [0.4, 0.5) is 0 Å². The number of carbonyl (C=O) groups excluding carboxylic acids is 1. The standard InChI is InChI=1S/C19H38N4O2.HI/c1-5-12-22(13-6-2)14-8-11-21-19(20-4)23-15-9-17(10-16-23)18(24)25-7-3;/h17H,5-16H2,1-4H3,(H,20,21);1H. The Morgan fingerprint density at radius 2 is 1.77 bits per heavy atom. The van der Waals surface area contributed by atoms with E-state index < -0.39 is 0 Å². The number of hydrogen-bond donors (Lipinski definition) is 1. The summed E-state index contributed by atoms with van der Waals surface area (Å²) in [4.78, 5) is 21.0. The maximum Gasteiger partial charge on any atom is 0.309 e. The lowest BCUT2D eigenvalue weighted by Gasteiger charge is -2.33. The fourth-order valence-electron chi connectivity index (χ4n) is 3.39. The fourth-order valence-corrected chi connectivity index (χ4v) is 3.39. The first-order valence-electron chi connectivity index (χ1n) is 10.0. The second-order valence-corrected chi connectivity index (χ2v) is 6.68. The van der Waals surface area contributed by atoms with Gasteiger partial charge in [0.1, 0.15) is 0 Å². The van der Waals surface area contributed by atoms with Crippen LogP contribution in [0.25, 0.3) is 0 Å². The van der Waals surface area contributed by atoms with E-state index in [1.165, 1.54) is 25.9 Å². The fraction of sp³-hybridized carbons (Fsp3) is 0.895. The summed E-state index contributed by atoms with van der Waals surface area (Å²) in [5.41, 5.74) is 0. The normalized spacial score (nSPS) is 15.7. The number of piperidine rings is 1. The van der Waals surface area contributed by atoms with E-state index in [9.17, 15) is 4.79 Å². The first-order valence-corrected chi connectivity index (χ1v) is 10.0. The lowest BCUT2D eigenvalue weighted by atomic mass is 9.97. The molecule has 1 saturated heterocycles. The first-order chi connectivity index (χ1) is 12.2. The van der Waals surface area contributed by atoms with Crippen LogP contribution in [-0.4, -0.2) is 74.7 Å². The first kappa shape index (κ1) is 25.4. The average Bonchev–Trinajstić information content (AvgIpc) is 2.62. The molecule has 1 N–H and O–H groups in total. The number of esters is 1. The molecule has 0 aromatic rings. The number of carbonyl (C=O) groups is 1. The highest BCUT2D eigenvalue weighted by atomic mass is 127. The van der Waals surface area contributed by atoms with Crippen LogP contribution < -0.4 is 5.32 Å². The average molecular weight is 482 g/mol. The Morgan fingerprint density at radius 1 is 1.15 bits per heavy atom. The van der Waals surface area contributed by atoms with Crippen molar-refractivity contribution in [3.8, 4) is 0 Å². The van der Waals surface area contributed by atoms with Gasteiger partial charge in [0.25, 0.3) is 0 Å². The van der Waals surface area contributed by atoms with E-state index in [-0.39, 0.29) is 35.9 Å². The van der Waals surface area contributed by atoms with Gasteiger partial charge >= 0.3 is 5.97 Å². The van der Waals surface area contributed by atoms with Crippen LogP contribution >= 0.6 is 24.0 Å². The second kappa shape index (κ2) is 15.5. The van der Waals surface area contributed by atoms with Crippen molar-refractivity contribution in [2.75, 3.05) is 52.9 Å². The van der Waals surface area contributed by atoms with E-state index in [2.05, 4.69) is 34.0 Å². The van der Waals surface area contributed by atoms with E-state index in [4.69, 9.17) is 4.74 Å². The van der Waals surface area contributed by atoms with Crippen molar-refractivity contribution in [1.82, 2.24) is 15.1 Å². The number of aliphatic imine (C=N–C) groups is 1. The Balaban J connectivity index is 0.00000625. The molecule has 0 aromatic carbocycles. The van der Waals surface area contributed by atoms with Gasteiger partial charge in [-0.1, -0.05) is 13.8 Å². The van der Waals surface area contributed by atoms with Crippen LogP contribution in [0.15, 0.2) is 4.99 Å². The van der Waals surface area contributed by atoms with E-state index in [0.717, 1.165) is 51.4 Å². The summed E-state index contributed by atoms with van der Waals surface area (Å²) in [7, 11) is 1.83. The van der Waals surface area contributed by atoms with Crippen molar-refractivity contribution in [2.45, 2.75) is 52.9 Å². The maximum atomic E-state index is 11.8. The summed E-state index contributed by atoms with van der Waals surface area (Å²) in [6.07, 6.45) is 5.24. The van der Waals surface area contributed by atoms with Crippen molar-refractivity contribution in [3.05, 3.63) is 0 Å². The zero-order chi connectivity index (χ0) is 18.5.